The van der Waals surface area contributed by atoms with Gasteiger partial charge in [0.15, 0.2) is 11.5 Å². The molecule has 4 fully saturated rings. The van der Waals surface area contributed by atoms with Crippen LogP contribution in [0.3, 0.4) is 0 Å². The van der Waals surface area contributed by atoms with Crippen molar-refractivity contribution in [3.63, 3.8) is 0 Å². The zero-order valence-electron chi connectivity index (χ0n) is 20.7. The van der Waals surface area contributed by atoms with Gasteiger partial charge in [0.1, 0.15) is 17.8 Å². The number of likely N-dealkylation sites (tertiary alicyclic amines) is 1. The molecule has 3 aliphatic carbocycles. The van der Waals surface area contributed by atoms with Gasteiger partial charge in [-0.2, -0.15) is 0 Å². The molecular formula is C28H33NO7. The van der Waals surface area contributed by atoms with Crippen molar-refractivity contribution in [3.8, 4) is 11.5 Å². The number of aromatic hydroxyl groups is 1. The number of benzene rings is 1. The molecular weight excluding hydrogens is 462 g/mol. The molecule has 36 heavy (non-hydrogen) atoms. The van der Waals surface area contributed by atoms with Crippen LogP contribution in [0.4, 0.5) is 0 Å². The number of carbonyl (C=O) groups is 2. The molecule has 8 heteroatoms. The van der Waals surface area contributed by atoms with Crippen LogP contribution in [0.15, 0.2) is 24.3 Å². The summed E-state index contributed by atoms with van der Waals surface area (Å²) in [5.74, 6) is 0.715. The first kappa shape index (κ1) is 22.6. The van der Waals surface area contributed by atoms with Gasteiger partial charge in [0.25, 0.3) is 0 Å². The lowest BCUT2D eigenvalue weighted by molar-refractivity contribution is -0.235. The fourth-order valence-corrected chi connectivity index (χ4v) is 8.00. The molecule has 2 bridgehead atoms. The summed E-state index contributed by atoms with van der Waals surface area (Å²) in [5.41, 5.74) is 1.31. The number of cyclic esters (lactones) is 1. The van der Waals surface area contributed by atoms with Crippen molar-refractivity contribution in [1.29, 1.82) is 0 Å². The maximum Gasteiger partial charge on any atom is 0.333 e. The summed E-state index contributed by atoms with van der Waals surface area (Å²) in [6.07, 6.45) is 4.81. The molecule has 3 aliphatic heterocycles. The molecule has 0 unspecified atom stereocenters. The zero-order valence-corrected chi connectivity index (χ0v) is 20.7. The highest BCUT2D eigenvalue weighted by Gasteiger charge is 2.75. The van der Waals surface area contributed by atoms with E-state index in [1.165, 1.54) is 25.3 Å². The van der Waals surface area contributed by atoms with Crippen LogP contribution >= 0.6 is 0 Å². The van der Waals surface area contributed by atoms with Crippen LogP contribution in [0, 0.1) is 5.92 Å². The Hall–Kier alpha value is -2.58. The molecule has 1 N–H and O–H groups in total. The molecule has 2 saturated carbocycles. The van der Waals surface area contributed by atoms with Gasteiger partial charge in [-0.25, -0.2) is 4.79 Å². The van der Waals surface area contributed by atoms with E-state index in [0.29, 0.717) is 30.6 Å². The second-order valence-corrected chi connectivity index (χ2v) is 11.6. The van der Waals surface area contributed by atoms with E-state index in [0.717, 1.165) is 37.4 Å². The minimum absolute atomic E-state index is 0.0601. The Kier molecular flexibility index (Phi) is 4.84. The number of ether oxygens (including phenoxy) is 4. The number of hydrogen-bond donors (Lipinski definition) is 1. The summed E-state index contributed by atoms with van der Waals surface area (Å²) in [4.78, 5) is 27.0. The van der Waals surface area contributed by atoms with Gasteiger partial charge in [-0.05, 0) is 62.6 Å². The van der Waals surface area contributed by atoms with Crippen LogP contribution in [0.5, 0.6) is 11.5 Å². The number of piperidine rings is 1. The molecule has 8 nitrogen and oxygen atoms in total. The summed E-state index contributed by atoms with van der Waals surface area (Å²) in [5, 5.41) is 10.8. The molecule has 7 rings (SSSR count). The Morgan fingerprint density at radius 1 is 1.22 bits per heavy atom. The summed E-state index contributed by atoms with van der Waals surface area (Å²) in [6.45, 7) is 7.46. The number of rotatable bonds is 6. The minimum Gasteiger partial charge on any atom is -0.504 e. The third-order valence-corrected chi connectivity index (χ3v) is 9.53. The smallest absolute Gasteiger partial charge is 0.333 e. The number of phenolic OH excluding ortho intramolecular Hbond substituents is 1. The Balaban J connectivity index is 1.29. The van der Waals surface area contributed by atoms with Crippen LogP contribution in [0.1, 0.15) is 56.6 Å². The maximum atomic E-state index is 12.7. The fraction of sp³-hybridized carbons (Fsp3) is 0.643. The van der Waals surface area contributed by atoms with E-state index in [1.807, 2.05) is 6.07 Å². The molecule has 192 valence electrons. The van der Waals surface area contributed by atoms with Crippen LogP contribution < -0.4 is 4.74 Å². The van der Waals surface area contributed by atoms with Crippen molar-refractivity contribution < 1.29 is 33.6 Å². The van der Waals surface area contributed by atoms with Gasteiger partial charge in [0.05, 0.1) is 24.2 Å². The third kappa shape index (κ3) is 3.00. The van der Waals surface area contributed by atoms with Crippen molar-refractivity contribution in [2.24, 2.45) is 5.92 Å². The quantitative estimate of drug-likeness (QED) is 0.476. The molecule has 0 aromatic heterocycles. The Labute approximate surface area is 210 Å². The van der Waals surface area contributed by atoms with Crippen molar-refractivity contribution in [2.75, 3.05) is 19.7 Å². The van der Waals surface area contributed by atoms with E-state index >= 15 is 0 Å². The molecule has 6 aliphatic rings. The minimum atomic E-state index is -0.739. The highest BCUT2D eigenvalue weighted by Crippen LogP contribution is 2.67. The van der Waals surface area contributed by atoms with Gasteiger partial charge >= 0.3 is 11.9 Å². The van der Waals surface area contributed by atoms with Crippen molar-refractivity contribution in [2.45, 2.75) is 87.2 Å². The van der Waals surface area contributed by atoms with Crippen molar-refractivity contribution >= 4 is 11.9 Å². The van der Waals surface area contributed by atoms with Crippen molar-refractivity contribution in [1.82, 2.24) is 4.90 Å². The normalized spacial score (nSPS) is 38.4. The Morgan fingerprint density at radius 2 is 2.06 bits per heavy atom. The van der Waals surface area contributed by atoms with Gasteiger partial charge < -0.3 is 24.1 Å². The maximum absolute atomic E-state index is 12.7. The summed E-state index contributed by atoms with van der Waals surface area (Å²) >= 11 is 0. The average molecular weight is 496 g/mol. The van der Waals surface area contributed by atoms with Gasteiger partial charge in [-0.1, -0.05) is 12.6 Å². The largest absolute Gasteiger partial charge is 0.504 e. The fourth-order valence-electron chi connectivity index (χ4n) is 8.00. The first-order valence-electron chi connectivity index (χ1n) is 13.3. The molecule has 1 spiro atoms. The topological polar surface area (TPSA) is 94.5 Å². The van der Waals surface area contributed by atoms with E-state index in [-0.39, 0.29) is 42.5 Å². The van der Waals surface area contributed by atoms with E-state index in [1.54, 1.807) is 6.07 Å². The Morgan fingerprint density at radius 3 is 2.78 bits per heavy atom. The predicted octanol–water partition coefficient (Wildman–Crippen LogP) is 2.78. The van der Waals surface area contributed by atoms with Gasteiger partial charge in [-0.3, -0.25) is 9.69 Å². The lowest BCUT2D eigenvalue weighted by Gasteiger charge is -2.65. The summed E-state index contributed by atoms with van der Waals surface area (Å²) in [7, 11) is 0. The SMILES string of the molecule is C=C1C[C@H](CO[C@@H]2CC[C@@]3(OC(C)=O)[C@H]4Cc5ccc(O)c6c5[C@@]3(CCN4CC3CC3)[C@H]2O6)OC1=O. The predicted molar refractivity (Wildman–Crippen MR) is 128 cm³/mol. The number of phenols is 1. The van der Waals surface area contributed by atoms with Crippen LogP contribution in [-0.2, 0) is 35.6 Å². The monoisotopic (exact) mass is 495 g/mol. The number of esters is 2. The van der Waals surface area contributed by atoms with E-state index in [4.69, 9.17) is 18.9 Å². The van der Waals surface area contributed by atoms with Gasteiger partial charge in [0.2, 0.25) is 0 Å². The summed E-state index contributed by atoms with van der Waals surface area (Å²) < 4.78 is 24.9. The lowest BCUT2D eigenvalue weighted by atomic mass is 9.48. The standard InChI is InChI=1S/C28H33NO7/c1-15-11-19(34-26(15)32)14-33-21-7-8-28(36-16(2)30)22-12-18-5-6-20(31)24-23(18)27(28,25(21)35-24)9-10-29(22)13-17-3-4-17/h5-6,17,19,21-22,25,31H,1,3-4,7-14H2,2H3/t19-,21-,22-,25+,27+,28-/m1/s1. The van der Waals surface area contributed by atoms with E-state index in [2.05, 4.69) is 11.5 Å². The van der Waals surface area contributed by atoms with Gasteiger partial charge in [0, 0.05) is 31.0 Å². The summed E-state index contributed by atoms with van der Waals surface area (Å²) in [6, 6.07) is 3.80. The first-order valence-corrected chi connectivity index (χ1v) is 13.3. The van der Waals surface area contributed by atoms with Crippen LogP contribution in [0.2, 0.25) is 0 Å². The highest BCUT2D eigenvalue weighted by atomic mass is 16.6. The third-order valence-electron chi connectivity index (χ3n) is 9.53. The second-order valence-electron chi connectivity index (χ2n) is 11.6. The van der Waals surface area contributed by atoms with E-state index in [9.17, 15) is 14.7 Å². The highest BCUT2D eigenvalue weighted by molar-refractivity contribution is 5.89. The number of hydrogen-bond acceptors (Lipinski definition) is 8. The van der Waals surface area contributed by atoms with E-state index < -0.39 is 17.1 Å². The molecule has 3 heterocycles. The van der Waals surface area contributed by atoms with Crippen molar-refractivity contribution in [3.05, 3.63) is 35.4 Å². The lowest BCUT2D eigenvalue weighted by Crippen LogP contribution is -2.78. The molecule has 1 aromatic rings. The average Bonchev–Trinajstić information content (AvgIpc) is 3.49. The zero-order chi connectivity index (χ0) is 24.8. The first-order chi connectivity index (χ1) is 17.3. The Bertz CT molecular complexity index is 1140. The molecule has 0 radical (unpaired) electrons. The molecule has 1 aromatic carbocycles. The number of nitrogens with zero attached hydrogens (tertiary/aromatic N) is 1. The van der Waals surface area contributed by atoms with Crippen LogP contribution in [-0.4, -0.2) is 71.6 Å². The molecule has 6 atom stereocenters. The number of carbonyl (C=O) groups excluding carboxylic acids is 2. The molecule has 2 saturated heterocycles. The molecule has 0 amide bonds. The van der Waals surface area contributed by atoms with Gasteiger partial charge in [-0.15, -0.1) is 0 Å². The second kappa shape index (κ2) is 7.71. The van der Waals surface area contributed by atoms with Crippen LogP contribution in [0.25, 0.3) is 0 Å².